The summed E-state index contributed by atoms with van der Waals surface area (Å²) in [6.45, 7) is 4.03. The molecular formula is C17H24N4O4. The highest BCUT2D eigenvalue weighted by Crippen LogP contribution is 2.31. The Labute approximate surface area is 146 Å². The van der Waals surface area contributed by atoms with E-state index in [9.17, 15) is 9.59 Å². The number of nitrogens with zero attached hydrogens (tertiary/aromatic N) is 2. The minimum atomic E-state index is -0.551. The second-order valence-corrected chi connectivity index (χ2v) is 5.80. The summed E-state index contributed by atoms with van der Waals surface area (Å²) in [6, 6.07) is 2.14. The van der Waals surface area contributed by atoms with E-state index in [1.807, 2.05) is 6.07 Å². The SMILES string of the molecule is CC[C@H](C)Nc1cnc2c(c1)c(NC(=O)COC)c(C(=O)OC)n2C. The van der Waals surface area contributed by atoms with E-state index < -0.39 is 5.97 Å². The van der Waals surface area contributed by atoms with Crippen LogP contribution in [0.3, 0.4) is 0 Å². The molecule has 2 N–H and O–H groups in total. The fourth-order valence-corrected chi connectivity index (χ4v) is 2.54. The molecule has 25 heavy (non-hydrogen) atoms. The summed E-state index contributed by atoms with van der Waals surface area (Å²) in [7, 11) is 4.43. The molecule has 8 nitrogen and oxygen atoms in total. The van der Waals surface area contributed by atoms with Crippen LogP contribution in [0.2, 0.25) is 0 Å². The maximum absolute atomic E-state index is 12.2. The van der Waals surface area contributed by atoms with E-state index in [0.29, 0.717) is 16.7 Å². The Morgan fingerprint density at radius 3 is 2.68 bits per heavy atom. The van der Waals surface area contributed by atoms with Gasteiger partial charge in [0.1, 0.15) is 12.3 Å². The first-order valence-electron chi connectivity index (χ1n) is 8.04. The highest BCUT2D eigenvalue weighted by Gasteiger charge is 2.24. The molecule has 0 unspecified atom stereocenters. The Bertz CT molecular complexity index is 785. The summed E-state index contributed by atoms with van der Waals surface area (Å²) in [5, 5.41) is 6.72. The second kappa shape index (κ2) is 7.98. The van der Waals surface area contributed by atoms with Gasteiger partial charge in [-0.1, -0.05) is 6.92 Å². The molecule has 0 radical (unpaired) electrons. The van der Waals surface area contributed by atoms with Gasteiger partial charge >= 0.3 is 5.97 Å². The van der Waals surface area contributed by atoms with E-state index in [2.05, 4.69) is 29.5 Å². The molecule has 2 rings (SSSR count). The molecule has 2 aromatic heterocycles. The number of aryl methyl sites for hydroxylation is 1. The van der Waals surface area contributed by atoms with Gasteiger partial charge in [0.25, 0.3) is 0 Å². The molecule has 2 heterocycles. The molecule has 1 amide bonds. The average Bonchev–Trinajstić information content (AvgIpc) is 2.86. The van der Waals surface area contributed by atoms with E-state index in [-0.39, 0.29) is 24.2 Å². The predicted octanol–water partition coefficient (Wildman–Crippen LogP) is 2.16. The number of ether oxygens (including phenoxy) is 2. The minimum absolute atomic E-state index is 0.116. The van der Waals surface area contributed by atoms with Gasteiger partial charge in [-0.15, -0.1) is 0 Å². The van der Waals surface area contributed by atoms with Gasteiger partial charge in [0.15, 0.2) is 5.69 Å². The molecule has 0 aromatic carbocycles. The highest BCUT2D eigenvalue weighted by atomic mass is 16.5. The molecule has 2 aromatic rings. The molecule has 0 saturated heterocycles. The van der Waals surface area contributed by atoms with Crippen LogP contribution in [0.4, 0.5) is 11.4 Å². The topological polar surface area (TPSA) is 94.5 Å². The van der Waals surface area contributed by atoms with Crippen LogP contribution in [-0.4, -0.2) is 48.3 Å². The van der Waals surface area contributed by atoms with Gasteiger partial charge in [0.05, 0.1) is 24.7 Å². The zero-order valence-electron chi connectivity index (χ0n) is 15.2. The van der Waals surface area contributed by atoms with Crippen molar-refractivity contribution >= 4 is 34.3 Å². The lowest BCUT2D eigenvalue weighted by molar-refractivity contribution is -0.119. The quantitative estimate of drug-likeness (QED) is 0.745. The van der Waals surface area contributed by atoms with Crippen LogP contribution in [0.5, 0.6) is 0 Å². The van der Waals surface area contributed by atoms with Gasteiger partial charge in [-0.3, -0.25) is 4.79 Å². The van der Waals surface area contributed by atoms with Crippen molar-refractivity contribution in [3.8, 4) is 0 Å². The molecule has 0 aliphatic heterocycles. The molecule has 1 atom stereocenters. The molecule has 136 valence electrons. The lowest BCUT2D eigenvalue weighted by atomic mass is 10.2. The lowest BCUT2D eigenvalue weighted by Crippen LogP contribution is -2.19. The molecule has 0 fully saturated rings. The first-order valence-corrected chi connectivity index (χ1v) is 8.04. The number of hydrogen-bond acceptors (Lipinski definition) is 6. The molecule has 0 aliphatic rings. The Morgan fingerprint density at radius 2 is 2.08 bits per heavy atom. The molecule has 0 bridgehead atoms. The van der Waals surface area contributed by atoms with Crippen molar-refractivity contribution in [3.05, 3.63) is 18.0 Å². The van der Waals surface area contributed by atoms with Crippen molar-refractivity contribution in [2.45, 2.75) is 26.3 Å². The normalized spacial score (nSPS) is 12.0. The van der Waals surface area contributed by atoms with Crippen LogP contribution in [0.1, 0.15) is 30.8 Å². The van der Waals surface area contributed by atoms with Crippen LogP contribution < -0.4 is 10.6 Å². The van der Waals surface area contributed by atoms with E-state index in [1.54, 1.807) is 17.8 Å². The number of carbonyl (C=O) groups is 2. The van der Waals surface area contributed by atoms with Crippen molar-refractivity contribution in [2.24, 2.45) is 7.05 Å². The standard InChI is InChI=1S/C17H24N4O4/c1-6-10(2)19-11-7-12-14(20-13(22)9-24-4)15(17(23)25-5)21(3)16(12)18-8-11/h7-8,10,19H,6,9H2,1-5H3,(H,20,22)/t10-/m0/s1. The van der Waals surface area contributed by atoms with Crippen LogP contribution in [0.15, 0.2) is 12.3 Å². The summed E-state index contributed by atoms with van der Waals surface area (Å²) in [5.74, 6) is -0.912. The lowest BCUT2D eigenvalue weighted by Gasteiger charge is -2.12. The smallest absolute Gasteiger partial charge is 0.356 e. The molecule has 0 aliphatic carbocycles. The van der Waals surface area contributed by atoms with Crippen molar-refractivity contribution in [1.82, 2.24) is 9.55 Å². The third-order valence-corrected chi connectivity index (χ3v) is 3.97. The van der Waals surface area contributed by atoms with Gasteiger partial charge in [0, 0.05) is 25.6 Å². The predicted molar refractivity (Wildman–Crippen MR) is 95.9 cm³/mol. The average molecular weight is 348 g/mol. The number of amides is 1. The summed E-state index contributed by atoms with van der Waals surface area (Å²) < 4.78 is 11.3. The van der Waals surface area contributed by atoms with Crippen molar-refractivity contribution in [2.75, 3.05) is 31.5 Å². The number of pyridine rings is 1. The largest absolute Gasteiger partial charge is 0.464 e. The Kier molecular flexibility index (Phi) is 5.97. The van der Waals surface area contributed by atoms with Crippen LogP contribution in [0.25, 0.3) is 11.0 Å². The number of carbonyl (C=O) groups excluding carboxylic acids is 2. The van der Waals surface area contributed by atoms with Crippen LogP contribution in [-0.2, 0) is 21.3 Å². The monoisotopic (exact) mass is 348 g/mol. The highest BCUT2D eigenvalue weighted by molar-refractivity contribution is 6.11. The fraction of sp³-hybridized carbons (Fsp3) is 0.471. The van der Waals surface area contributed by atoms with E-state index in [4.69, 9.17) is 9.47 Å². The van der Waals surface area contributed by atoms with Crippen molar-refractivity contribution < 1.29 is 19.1 Å². The number of nitrogens with one attached hydrogen (secondary N) is 2. The van der Waals surface area contributed by atoms with E-state index in [0.717, 1.165) is 12.1 Å². The second-order valence-electron chi connectivity index (χ2n) is 5.80. The zero-order valence-corrected chi connectivity index (χ0v) is 15.2. The van der Waals surface area contributed by atoms with Gasteiger partial charge in [-0.05, 0) is 19.4 Å². The molecule has 0 spiro atoms. The van der Waals surface area contributed by atoms with Gasteiger partial charge in [-0.2, -0.15) is 0 Å². The maximum Gasteiger partial charge on any atom is 0.356 e. The van der Waals surface area contributed by atoms with E-state index >= 15 is 0 Å². The van der Waals surface area contributed by atoms with Crippen LogP contribution in [0, 0.1) is 0 Å². The van der Waals surface area contributed by atoms with Crippen LogP contribution >= 0.6 is 0 Å². The third-order valence-electron chi connectivity index (χ3n) is 3.97. The first kappa shape index (κ1) is 18.7. The number of fused-ring (bicyclic) bond motifs is 1. The number of rotatable bonds is 7. The van der Waals surface area contributed by atoms with E-state index in [1.165, 1.54) is 14.2 Å². The zero-order chi connectivity index (χ0) is 18.6. The Morgan fingerprint density at radius 1 is 1.36 bits per heavy atom. The summed E-state index contributed by atoms with van der Waals surface area (Å²) in [5.41, 5.74) is 1.98. The number of esters is 1. The Balaban J connectivity index is 2.58. The van der Waals surface area contributed by atoms with Gasteiger partial charge in [-0.25, -0.2) is 9.78 Å². The number of hydrogen-bond donors (Lipinski definition) is 2. The molecular weight excluding hydrogens is 324 g/mol. The summed E-state index contributed by atoms with van der Waals surface area (Å²) >= 11 is 0. The minimum Gasteiger partial charge on any atom is -0.464 e. The third kappa shape index (κ3) is 3.90. The Hall–Kier alpha value is -2.61. The first-order chi connectivity index (χ1) is 11.9. The maximum atomic E-state index is 12.2. The van der Waals surface area contributed by atoms with Gasteiger partial charge < -0.3 is 24.7 Å². The number of anilines is 2. The fourth-order valence-electron chi connectivity index (χ4n) is 2.54. The molecule has 8 heteroatoms. The van der Waals surface area contributed by atoms with Gasteiger partial charge in [0.2, 0.25) is 5.91 Å². The number of aromatic nitrogens is 2. The summed E-state index contributed by atoms with van der Waals surface area (Å²) in [4.78, 5) is 28.6. The summed E-state index contributed by atoms with van der Waals surface area (Å²) in [6.07, 6.45) is 2.66. The molecule has 0 saturated carbocycles. The van der Waals surface area contributed by atoms with Crippen molar-refractivity contribution in [3.63, 3.8) is 0 Å². The number of methoxy groups -OCH3 is 2. The van der Waals surface area contributed by atoms with Crippen molar-refractivity contribution in [1.29, 1.82) is 0 Å².